The molecular weight excluding hydrogens is 220 g/mol. The minimum absolute atomic E-state index is 0.0524. The standard InChI is InChI=1S/C12H12N2O3/c1-3-16-12(15)10-13-11(17-14-10)9-6-4-5-8(2)7-9/h4-7H,3H2,1-2H3. The highest BCUT2D eigenvalue weighted by atomic mass is 16.5. The van der Waals surface area contributed by atoms with Crippen LogP contribution in [0.3, 0.4) is 0 Å². The summed E-state index contributed by atoms with van der Waals surface area (Å²) in [6.07, 6.45) is 0. The van der Waals surface area contributed by atoms with Crippen LogP contribution >= 0.6 is 0 Å². The summed E-state index contributed by atoms with van der Waals surface area (Å²) >= 11 is 0. The molecule has 0 bridgehead atoms. The van der Waals surface area contributed by atoms with Crippen molar-refractivity contribution >= 4 is 5.97 Å². The van der Waals surface area contributed by atoms with Gasteiger partial charge in [-0.05, 0) is 31.1 Å². The van der Waals surface area contributed by atoms with Crippen LogP contribution < -0.4 is 0 Å². The van der Waals surface area contributed by atoms with Gasteiger partial charge in [0.05, 0.1) is 6.61 Å². The highest BCUT2D eigenvalue weighted by molar-refractivity contribution is 5.85. The zero-order valence-electron chi connectivity index (χ0n) is 9.64. The lowest BCUT2D eigenvalue weighted by molar-refractivity contribution is 0.0508. The van der Waals surface area contributed by atoms with E-state index in [1.54, 1.807) is 6.92 Å². The minimum atomic E-state index is -0.574. The zero-order chi connectivity index (χ0) is 12.3. The fourth-order valence-electron chi connectivity index (χ4n) is 1.40. The molecule has 0 saturated carbocycles. The topological polar surface area (TPSA) is 65.2 Å². The van der Waals surface area contributed by atoms with Gasteiger partial charge >= 0.3 is 5.97 Å². The number of rotatable bonds is 3. The van der Waals surface area contributed by atoms with E-state index in [4.69, 9.17) is 9.26 Å². The molecular formula is C12H12N2O3. The van der Waals surface area contributed by atoms with E-state index in [0.717, 1.165) is 11.1 Å². The van der Waals surface area contributed by atoms with Crippen LogP contribution in [-0.4, -0.2) is 22.7 Å². The van der Waals surface area contributed by atoms with Crippen molar-refractivity contribution in [2.75, 3.05) is 6.61 Å². The summed E-state index contributed by atoms with van der Waals surface area (Å²) < 4.78 is 9.79. The Morgan fingerprint density at radius 1 is 1.47 bits per heavy atom. The van der Waals surface area contributed by atoms with Gasteiger partial charge in [-0.15, -0.1) is 0 Å². The van der Waals surface area contributed by atoms with Gasteiger partial charge in [0.2, 0.25) is 0 Å². The van der Waals surface area contributed by atoms with Crippen molar-refractivity contribution in [3.63, 3.8) is 0 Å². The number of aryl methyl sites for hydroxylation is 1. The first-order chi connectivity index (χ1) is 8.20. The summed E-state index contributed by atoms with van der Waals surface area (Å²) in [4.78, 5) is 15.3. The van der Waals surface area contributed by atoms with Crippen LogP contribution in [0.4, 0.5) is 0 Å². The molecule has 1 heterocycles. The molecule has 0 atom stereocenters. The number of hydrogen-bond acceptors (Lipinski definition) is 5. The first kappa shape index (κ1) is 11.3. The molecule has 2 rings (SSSR count). The maximum absolute atomic E-state index is 11.3. The van der Waals surface area contributed by atoms with Crippen LogP contribution in [0.2, 0.25) is 0 Å². The molecule has 0 spiro atoms. The van der Waals surface area contributed by atoms with Crippen LogP contribution in [0.1, 0.15) is 23.1 Å². The third-order valence-electron chi connectivity index (χ3n) is 2.15. The molecule has 0 radical (unpaired) electrons. The summed E-state index contributed by atoms with van der Waals surface area (Å²) in [7, 11) is 0. The lowest BCUT2D eigenvalue weighted by atomic mass is 10.1. The lowest BCUT2D eigenvalue weighted by Gasteiger charge is -1.95. The SMILES string of the molecule is CCOC(=O)c1noc(-c2cccc(C)c2)n1. The molecule has 0 aliphatic heterocycles. The average molecular weight is 232 g/mol. The molecule has 0 amide bonds. The number of ether oxygens (including phenoxy) is 1. The summed E-state index contributed by atoms with van der Waals surface area (Å²) in [6.45, 7) is 3.97. The summed E-state index contributed by atoms with van der Waals surface area (Å²) in [5.41, 5.74) is 1.87. The smallest absolute Gasteiger partial charge is 0.379 e. The molecule has 0 fully saturated rings. The van der Waals surface area contributed by atoms with Crippen LogP contribution in [0.5, 0.6) is 0 Å². The summed E-state index contributed by atoms with van der Waals surface area (Å²) in [6, 6.07) is 7.60. The molecule has 5 heteroatoms. The third-order valence-corrected chi connectivity index (χ3v) is 2.15. The molecule has 17 heavy (non-hydrogen) atoms. The second-order valence-electron chi connectivity index (χ2n) is 3.51. The first-order valence-corrected chi connectivity index (χ1v) is 5.28. The molecule has 0 N–H and O–H groups in total. The number of carbonyl (C=O) groups excluding carboxylic acids is 1. The van der Waals surface area contributed by atoms with Gasteiger partial charge in [-0.25, -0.2) is 4.79 Å². The van der Waals surface area contributed by atoms with Crippen LogP contribution in [-0.2, 0) is 4.74 Å². The van der Waals surface area contributed by atoms with E-state index in [9.17, 15) is 4.79 Å². The minimum Gasteiger partial charge on any atom is -0.460 e. The third kappa shape index (κ3) is 2.50. The van der Waals surface area contributed by atoms with Crippen molar-refractivity contribution in [2.24, 2.45) is 0 Å². The highest BCUT2D eigenvalue weighted by Crippen LogP contribution is 2.18. The Morgan fingerprint density at radius 3 is 3.00 bits per heavy atom. The Bertz CT molecular complexity index is 534. The fourth-order valence-corrected chi connectivity index (χ4v) is 1.40. The van der Waals surface area contributed by atoms with Gasteiger partial charge in [-0.1, -0.05) is 17.7 Å². The molecule has 2 aromatic rings. The fraction of sp³-hybridized carbons (Fsp3) is 0.250. The Kier molecular flexibility index (Phi) is 3.18. The van der Waals surface area contributed by atoms with Gasteiger partial charge in [-0.3, -0.25) is 0 Å². The molecule has 0 aliphatic carbocycles. The Morgan fingerprint density at radius 2 is 2.29 bits per heavy atom. The van der Waals surface area contributed by atoms with Gasteiger partial charge in [0, 0.05) is 5.56 Å². The Balaban J connectivity index is 2.27. The monoisotopic (exact) mass is 232 g/mol. The quantitative estimate of drug-likeness (QED) is 0.759. The van der Waals surface area contributed by atoms with Crippen LogP contribution in [0.25, 0.3) is 11.5 Å². The summed E-state index contributed by atoms with van der Waals surface area (Å²) in [5, 5.41) is 3.58. The van der Waals surface area contributed by atoms with Crippen molar-refractivity contribution in [1.82, 2.24) is 10.1 Å². The van der Waals surface area contributed by atoms with E-state index >= 15 is 0 Å². The lowest BCUT2D eigenvalue weighted by Crippen LogP contribution is -2.06. The Labute approximate surface area is 98.4 Å². The van der Waals surface area contributed by atoms with Crippen LogP contribution in [0.15, 0.2) is 28.8 Å². The molecule has 0 unspecified atom stereocenters. The maximum atomic E-state index is 11.3. The first-order valence-electron chi connectivity index (χ1n) is 5.28. The molecule has 1 aromatic heterocycles. The highest BCUT2D eigenvalue weighted by Gasteiger charge is 2.16. The van der Waals surface area contributed by atoms with E-state index < -0.39 is 5.97 Å². The summed E-state index contributed by atoms with van der Waals surface area (Å²) in [5.74, 6) is -0.310. The average Bonchev–Trinajstić information content (AvgIpc) is 2.78. The number of hydrogen-bond donors (Lipinski definition) is 0. The molecule has 88 valence electrons. The number of nitrogens with zero attached hydrogens (tertiary/aromatic N) is 2. The maximum Gasteiger partial charge on any atom is 0.379 e. The van der Waals surface area contributed by atoms with Crippen molar-refractivity contribution in [2.45, 2.75) is 13.8 Å². The van der Waals surface area contributed by atoms with E-state index in [2.05, 4.69) is 10.1 Å². The van der Waals surface area contributed by atoms with Gasteiger partial charge in [0.15, 0.2) is 0 Å². The van der Waals surface area contributed by atoms with Gasteiger partial charge in [0.25, 0.3) is 11.7 Å². The van der Waals surface area contributed by atoms with E-state index in [1.165, 1.54) is 0 Å². The molecule has 0 saturated heterocycles. The van der Waals surface area contributed by atoms with E-state index in [1.807, 2.05) is 31.2 Å². The molecule has 5 nitrogen and oxygen atoms in total. The van der Waals surface area contributed by atoms with Crippen LogP contribution in [0, 0.1) is 6.92 Å². The Hall–Kier alpha value is -2.17. The number of aromatic nitrogens is 2. The molecule has 0 aliphatic rings. The largest absolute Gasteiger partial charge is 0.460 e. The second kappa shape index (κ2) is 4.78. The van der Waals surface area contributed by atoms with E-state index in [-0.39, 0.29) is 12.4 Å². The number of benzene rings is 1. The van der Waals surface area contributed by atoms with Crippen molar-refractivity contribution in [3.8, 4) is 11.5 Å². The normalized spacial score (nSPS) is 10.2. The number of carbonyl (C=O) groups is 1. The zero-order valence-corrected chi connectivity index (χ0v) is 9.64. The van der Waals surface area contributed by atoms with Gasteiger partial charge in [-0.2, -0.15) is 4.98 Å². The van der Waals surface area contributed by atoms with Crippen molar-refractivity contribution in [3.05, 3.63) is 35.7 Å². The van der Waals surface area contributed by atoms with Crippen molar-refractivity contribution < 1.29 is 14.1 Å². The predicted octanol–water partition coefficient (Wildman–Crippen LogP) is 2.22. The van der Waals surface area contributed by atoms with Gasteiger partial charge in [0.1, 0.15) is 0 Å². The number of esters is 1. The van der Waals surface area contributed by atoms with Crippen molar-refractivity contribution in [1.29, 1.82) is 0 Å². The predicted molar refractivity (Wildman–Crippen MR) is 60.4 cm³/mol. The van der Waals surface area contributed by atoms with Gasteiger partial charge < -0.3 is 9.26 Å². The second-order valence-corrected chi connectivity index (χ2v) is 3.51. The molecule has 1 aromatic carbocycles. The van der Waals surface area contributed by atoms with E-state index in [0.29, 0.717) is 5.89 Å².